The summed E-state index contributed by atoms with van der Waals surface area (Å²) in [5.74, 6) is -2.34. The molecule has 0 aliphatic rings. The number of methoxy groups -OCH3 is 1. The van der Waals surface area contributed by atoms with Crippen LogP contribution in [0.15, 0.2) is 0 Å². The SMILES string of the molecule is COC(=O)c1nn(CCOCC(F)F)c(C(N)=O)c1[N+](=O)[O-]. The minimum atomic E-state index is -2.69. The molecular formula is C10H12F2N4O6. The number of nitrogens with two attached hydrogens (primary N) is 1. The molecule has 0 aromatic carbocycles. The van der Waals surface area contributed by atoms with Crippen LogP contribution in [0.3, 0.4) is 0 Å². The molecule has 0 saturated carbocycles. The predicted octanol–water partition coefficient (Wildman–Crippen LogP) is -0.0415. The lowest BCUT2D eigenvalue weighted by Gasteiger charge is -2.05. The highest BCUT2D eigenvalue weighted by atomic mass is 19.3. The molecule has 12 heteroatoms. The lowest BCUT2D eigenvalue weighted by molar-refractivity contribution is -0.385. The standard InChI is InChI=1S/C10H12F2N4O6/c1-21-10(18)6-7(16(19)20)8(9(13)17)15(14-6)2-3-22-4-5(11)12/h5H,2-4H2,1H3,(H2,13,17). The molecule has 0 spiro atoms. The summed E-state index contributed by atoms with van der Waals surface area (Å²) in [5, 5.41) is 14.6. The van der Waals surface area contributed by atoms with E-state index >= 15 is 0 Å². The number of primary amides is 1. The van der Waals surface area contributed by atoms with Crippen molar-refractivity contribution in [3.8, 4) is 0 Å². The first-order valence-corrected chi connectivity index (χ1v) is 5.78. The zero-order valence-corrected chi connectivity index (χ0v) is 11.3. The van der Waals surface area contributed by atoms with Gasteiger partial charge in [0.15, 0.2) is 0 Å². The van der Waals surface area contributed by atoms with Gasteiger partial charge in [0.25, 0.3) is 12.3 Å². The van der Waals surface area contributed by atoms with Gasteiger partial charge in [-0.3, -0.25) is 19.6 Å². The van der Waals surface area contributed by atoms with E-state index in [-0.39, 0.29) is 13.2 Å². The van der Waals surface area contributed by atoms with Crippen molar-refractivity contribution in [2.24, 2.45) is 5.73 Å². The highest BCUT2D eigenvalue weighted by molar-refractivity contribution is 6.01. The molecule has 0 unspecified atom stereocenters. The minimum Gasteiger partial charge on any atom is -0.464 e. The van der Waals surface area contributed by atoms with E-state index in [1.54, 1.807) is 0 Å². The molecule has 0 radical (unpaired) electrons. The fourth-order valence-corrected chi connectivity index (χ4v) is 1.59. The molecule has 1 heterocycles. The minimum absolute atomic E-state index is 0.289. The molecule has 0 fully saturated rings. The van der Waals surface area contributed by atoms with Crippen molar-refractivity contribution >= 4 is 17.6 Å². The average Bonchev–Trinajstić information content (AvgIpc) is 2.82. The van der Waals surface area contributed by atoms with E-state index in [1.807, 2.05) is 0 Å². The van der Waals surface area contributed by atoms with Crippen LogP contribution in [0.4, 0.5) is 14.5 Å². The van der Waals surface area contributed by atoms with Crippen LogP contribution in [0.2, 0.25) is 0 Å². The zero-order chi connectivity index (χ0) is 16.9. The number of carbonyl (C=O) groups is 2. The number of carbonyl (C=O) groups excluding carboxylic acids is 2. The maximum absolute atomic E-state index is 11.9. The van der Waals surface area contributed by atoms with Crippen LogP contribution in [0.25, 0.3) is 0 Å². The predicted molar refractivity (Wildman–Crippen MR) is 65.6 cm³/mol. The highest BCUT2D eigenvalue weighted by Gasteiger charge is 2.35. The first-order valence-electron chi connectivity index (χ1n) is 5.78. The zero-order valence-electron chi connectivity index (χ0n) is 11.3. The Balaban J connectivity index is 3.13. The van der Waals surface area contributed by atoms with Gasteiger partial charge in [-0.25, -0.2) is 13.6 Å². The second kappa shape index (κ2) is 7.40. The van der Waals surface area contributed by atoms with Crippen LogP contribution in [0.5, 0.6) is 0 Å². The summed E-state index contributed by atoms with van der Waals surface area (Å²) >= 11 is 0. The molecule has 2 N–H and O–H groups in total. The molecule has 0 atom stereocenters. The smallest absolute Gasteiger partial charge is 0.365 e. The Morgan fingerprint density at radius 1 is 1.50 bits per heavy atom. The van der Waals surface area contributed by atoms with Crippen molar-refractivity contribution in [3.05, 3.63) is 21.5 Å². The van der Waals surface area contributed by atoms with Crippen LogP contribution >= 0.6 is 0 Å². The second-order valence-corrected chi connectivity index (χ2v) is 3.85. The van der Waals surface area contributed by atoms with Gasteiger partial charge in [-0.1, -0.05) is 0 Å². The van der Waals surface area contributed by atoms with Crippen molar-refractivity contribution in [1.29, 1.82) is 0 Å². The Kier molecular flexibility index (Phi) is 5.86. The third-order valence-electron chi connectivity index (χ3n) is 2.41. The summed E-state index contributed by atoms with van der Waals surface area (Å²) in [6.07, 6.45) is -2.69. The van der Waals surface area contributed by atoms with Crippen molar-refractivity contribution in [3.63, 3.8) is 0 Å². The van der Waals surface area contributed by atoms with Crippen LogP contribution in [0, 0.1) is 10.1 Å². The van der Waals surface area contributed by atoms with Crippen LogP contribution < -0.4 is 5.73 Å². The molecule has 0 aliphatic heterocycles. The number of hydrogen-bond donors (Lipinski definition) is 1. The maximum atomic E-state index is 11.9. The summed E-state index contributed by atoms with van der Waals surface area (Å²) < 4.78 is 33.5. The number of hydrogen-bond acceptors (Lipinski definition) is 7. The molecule has 122 valence electrons. The van der Waals surface area contributed by atoms with Gasteiger partial charge in [0, 0.05) is 0 Å². The monoisotopic (exact) mass is 322 g/mol. The molecule has 22 heavy (non-hydrogen) atoms. The Bertz CT molecular complexity index is 588. The van der Waals surface area contributed by atoms with Gasteiger partial charge < -0.3 is 15.2 Å². The summed E-state index contributed by atoms with van der Waals surface area (Å²) in [6.45, 7) is -1.45. The number of amides is 1. The Morgan fingerprint density at radius 2 is 2.14 bits per heavy atom. The van der Waals surface area contributed by atoms with Crippen LogP contribution in [0.1, 0.15) is 21.0 Å². The maximum Gasteiger partial charge on any atom is 0.365 e. The Labute approximate surface area is 121 Å². The topological polar surface area (TPSA) is 140 Å². The fraction of sp³-hybridized carbons (Fsp3) is 0.500. The number of alkyl halides is 2. The average molecular weight is 322 g/mol. The number of aromatic nitrogens is 2. The number of nitro groups is 1. The molecule has 0 aliphatic carbocycles. The summed E-state index contributed by atoms with van der Waals surface area (Å²) in [5.41, 5.74) is 2.77. The normalized spacial score (nSPS) is 10.7. The number of esters is 1. The lowest BCUT2D eigenvalue weighted by Crippen LogP contribution is -2.21. The van der Waals surface area contributed by atoms with Crippen molar-refractivity contribution < 1.29 is 32.8 Å². The van der Waals surface area contributed by atoms with Gasteiger partial charge >= 0.3 is 11.7 Å². The van der Waals surface area contributed by atoms with E-state index < -0.39 is 46.9 Å². The first-order chi connectivity index (χ1) is 10.3. The summed E-state index contributed by atoms with van der Waals surface area (Å²) in [6, 6.07) is 0. The largest absolute Gasteiger partial charge is 0.464 e. The Morgan fingerprint density at radius 3 is 2.59 bits per heavy atom. The Hall–Kier alpha value is -2.63. The van der Waals surface area contributed by atoms with Gasteiger partial charge in [-0.05, 0) is 0 Å². The molecule has 0 saturated heterocycles. The second-order valence-electron chi connectivity index (χ2n) is 3.85. The summed E-state index contributed by atoms with van der Waals surface area (Å²) in [4.78, 5) is 32.8. The quantitative estimate of drug-likeness (QED) is 0.306. The molecule has 1 aromatic heterocycles. The van der Waals surface area contributed by atoms with Gasteiger partial charge in [0.1, 0.15) is 6.61 Å². The third kappa shape index (κ3) is 3.94. The van der Waals surface area contributed by atoms with E-state index in [2.05, 4.69) is 14.6 Å². The molecule has 0 bridgehead atoms. The highest BCUT2D eigenvalue weighted by Crippen LogP contribution is 2.24. The number of nitrogens with zero attached hydrogens (tertiary/aromatic N) is 3. The first kappa shape index (κ1) is 17.4. The van der Waals surface area contributed by atoms with Crippen LogP contribution in [-0.2, 0) is 16.0 Å². The van der Waals surface area contributed by atoms with Gasteiger partial charge in [-0.2, -0.15) is 5.10 Å². The molecular weight excluding hydrogens is 310 g/mol. The number of halogens is 2. The van der Waals surface area contributed by atoms with Crippen LogP contribution in [-0.4, -0.2) is 53.3 Å². The molecule has 1 aromatic rings. The molecule has 10 nitrogen and oxygen atoms in total. The third-order valence-corrected chi connectivity index (χ3v) is 2.41. The fourth-order valence-electron chi connectivity index (χ4n) is 1.59. The number of rotatable bonds is 8. The van der Waals surface area contributed by atoms with Gasteiger partial charge in [0.05, 0.1) is 25.2 Å². The van der Waals surface area contributed by atoms with E-state index in [0.717, 1.165) is 11.8 Å². The van der Waals surface area contributed by atoms with E-state index in [0.29, 0.717) is 0 Å². The lowest BCUT2D eigenvalue weighted by atomic mass is 10.2. The van der Waals surface area contributed by atoms with E-state index in [1.165, 1.54) is 0 Å². The van der Waals surface area contributed by atoms with Crippen molar-refractivity contribution in [2.75, 3.05) is 20.3 Å². The van der Waals surface area contributed by atoms with Gasteiger partial charge in [-0.15, -0.1) is 0 Å². The van der Waals surface area contributed by atoms with Crippen molar-refractivity contribution in [2.45, 2.75) is 13.0 Å². The molecule has 1 amide bonds. The van der Waals surface area contributed by atoms with E-state index in [9.17, 15) is 28.5 Å². The van der Waals surface area contributed by atoms with Gasteiger partial charge in [0.2, 0.25) is 11.4 Å². The summed E-state index contributed by atoms with van der Waals surface area (Å²) in [7, 11) is 0.973. The van der Waals surface area contributed by atoms with E-state index in [4.69, 9.17) is 5.73 Å². The van der Waals surface area contributed by atoms with Crippen molar-refractivity contribution in [1.82, 2.24) is 9.78 Å². The number of ether oxygens (including phenoxy) is 2. The molecule has 1 rings (SSSR count).